The highest BCUT2D eigenvalue weighted by molar-refractivity contribution is 6.31. The molecular formula is C14H12ClNO3. The van der Waals surface area contributed by atoms with E-state index in [0.29, 0.717) is 11.4 Å². The molecule has 0 fully saturated rings. The van der Waals surface area contributed by atoms with Crippen molar-refractivity contribution in [3.05, 3.63) is 59.0 Å². The number of hydrogen-bond acceptors (Lipinski definition) is 3. The van der Waals surface area contributed by atoms with Crippen molar-refractivity contribution in [2.45, 2.75) is 13.0 Å². The second-order valence-corrected chi connectivity index (χ2v) is 4.15. The van der Waals surface area contributed by atoms with Gasteiger partial charge in [0.2, 0.25) is 0 Å². The van der Waals surface area contributed by atoms with Crippen LogP contribution in [-0.4, -0.2) is 12.3 Å². The largest absolute Gasteiger partial charge is 0.469 e. The van der Waals surface area contributed by atoms with Crippen molar-refractivity contribution in [2.24, 2.45) is 4.99 Å². The van der Waals surface area contributed by atoms with Crippen LogP contribution < -0.4 is 0 Å². The Kier molecular flexibility index (Phi) is 4.75. The molecule has 1 aromatic heterocycles. The van der Waals surface area contributed by atoms with Crippen molar-refractivity contribution in [3.8, 4) is 0 Å². The van der Waals surface area contributed by atoms with Crippen LogP contribution in [0.5, 0.6) is 0 Å². The van der Waals surface area contributed by atoms with Crippen LogP contribution in [0.15, 0.2) is 52.1 Å². The molecule has 0 aliphatic rings. The highest BCUT2D eigenvalue weighted by Gasteiger charge is 2.03. The summed E-state index contributed by atoms with van der Waals surface area (Å²) < 4.78 is 10.1. The smallest absolute Gasteiger partial charge is 0.433 e. The van der Waals surface area contributed by atoms with E-state index in [1.54, 1.807) is 30.5 Å². The van der Waals surface area contributed by atoms with E-state index in [4.69, 9.17) is 20.8 Å². The van der Waals surface area contributed by atoms with Gasteiger partial charge in [-0.2, -0.15) is 4.99 Å². The first-order chi connectivity index (χ1) is 9.25. The van der Waals surface area contributed by atoms with E-state index < -0.39 is 6.09 Å². The van der Waals surface area contributed by atoms with Gasteiger partial charge in [-0.15, -0.1) is 0 Å². The van der Waals surface area contributed by atoms with Crippen molar-refractivity contribution < 1.29 is 13.9 Å². The molecule has 0 radical (unpaired) electrons. The van der Waals surface area contributed by atoms with Gasteiger partial charge in [0.25, 0.3) is 0 Å². The maximum atomic E-state index is 11.4. The minimum absolute atomic E-state index is 0.108. The van der Waals surface area contributed by atoms with Gasteiger partial charge in [-0.1, -0.05) is 29.8 Å². The predicted molar refractivity (Wildman–Crippen MR) is 72.5 cm³/mol. The summed E-state index contributed by atoms with van der Waals surface area (Å²) in [6, 6.07) is 10.8. The molecule has 0 atom stereocenters. The standard InChI is InChI=1S/C14H12ClNO3/c15-13-6-2-1-4-11(13)10-19-14(17)16-8-7-12-5-3-9-18-12/h1-6,8-9H,7,10H2. The Morgan fingerprint density at radius 2 is 2.16 bits per heavy atom. The van der Waals surface area contributed by atoms with Gasteiger partial charge in [0.05, 0.1) is 6.26 Å². The van der Waals surface area contributed by atoms with Gasteiger partial charge in [0, 0.05) is 23.2 Å². The van der Waals surface area contributed by atoms with Crippen LogP contribution in [0.1, 0.15) is 11.3 Å². The summed E-state index contributed by atoms with van der Waals surface area (Å²) in [4.78, 5) is 15.0. The first kappa shape index (κ1) is 13.4. The van der Waals surface area contributed by atoms with Crippen LogP contribution in [0.25, 0.3) is 0 Å². The molecule has 1 heterocycles. The fourth-order valence-corrected chi connectivity index (χ4v) is 1.62. The second-order valence-electron chi connectivity index (χ2n) is 3.74. The van der Waals surface area contributed by atoms with Crippen LogP contribution in [0.4, 0.5) is 4.79 Å². The van der Waals surface area contributed by atoms with E-state index in [1.807, 2.05) is 12.1 Å². The van der Waals surface area contributed by atoms with Gasteiger partial charge in [0.15, 0.2) is 0 Å². The average molecular weight is 278 g/mol. The molecule has 0 aliphatic carbocycles. The molecule has 1 amide bonds. The second kappa shape index (κ2) is 6.75. The normalized spacial score (nSPS) is 10.8. The average Bonchev–Trinajstić information content (AvgIpc) is 2.91. The van der Waals surface area contributed by atoms with Gasteiger partial charge < -0.3 is 9.15 Å². The summed E-state index contributed by atoms with van der Waals surface area (Å²) in [5, 5.41) is 0.565. The number of furan rings is 1. The highest BCUT2D eigenvalue weighted by Crippen LogP contribution is 2.15. The molecule has 98 valence electrons. The van der Waals surface area contributed by atoms with Gasteiger partial charge in [0.1, 0.15) is 12.4 Å². The van der Waals surface area contributed by atoms with Crippen LogP contribution in [0.3, 0.4) is 0 Å². The van der Waals surface area contributed by atoms with Crippen molar-refractivity contribution in [1.82, 2.24) is 0 Å². The number of carbonyl (C=O) groups is 1. The predicted octanol–water partition coefficient (Wildman–Crippen LogP) is 3.88. The summed E-state index contributed by atoms with van der Waals surface area (Å²) in [5.74, 6) is 0.739. The van der Waals surface area contributed by atoms with Gasteiger partial charge in [-0.05, 0) is 18.2 Å². The zero-order valence-corrected chi connectivity index (χ0v) is 10.8. The molecule has 1 aromatic carbocycles. The van der Waals surface area contributed by atoms with Gasteiger partial charge in [-0.3, -0.25) is 0 Å². The zero-order chi connectivity index (χ0) is 13.5. The van der Waals surface area contributed by atoms with E-state index in [1.165, 1.54) is 6.21 Å². The maximum absolute atomic E-state index is 11.4. The molecule has 4 nitrogen and oxygen atoms in total. The minimum Gasteiger partial charge on any atom is -0.469 e. The highest BCUT2D eigenvalue weighted by atomic mass is 35.5. The van der Waals surface area contributed by atoms with E-state index >= 15 is 0 Å². The third-order valence-electron chi connectivity index (χ3n) is 2.38. The number of aliphatic imine (C=N–C) groups is 1. The molecule has 5 heteroatoms. The summed E-state index contributed by atoms with van der Waals surface area (Å²) in [6.45, 7) is 0.108. The SMILES string of the molecule is O=C(N=CCc1ccco1)OCc1ccccc1Cl. The molecule has 0 bridgehead atoms. The Bertz CT molecular complexity index is 564. The zero-order valence-electron chi connectivity index (χ0n) is 10.1. The van der Waals surface area contributed by atoms with Crippen LogP contribution in [0, 0.1) is 0 Å². The van der Waals surface area contributed by atoms with E-state index in [-0.39, 0.29) is 6.61 Å². The maximum Gasteiger partial charge on any atom is 0.433 e. The van der Waals surface area contributed by atoms with Crippen molar-refractivity contribution in [1.29, 1.82) is 0 Å². The first-order valence-electron chi connectivity index (χ1n) is 5.71. The molecule has 0 unspecified atom stereocenters. The Balaban J connectivity index is 1.79. The molecule has 0 saturated heterocycles. The molecular weight excluding hydrogens is 266 g/mol. The molecule has 2 aromatic rings. The van der Waals surface area contributed by atoms with Crippen LogP contribution >= 0.6 is 11.6 Å². The Hall–Kier alpha value is -2.07. The van der Waals surface area contributed by atoms with Crippen molar-refractivity contribution in [3.63, 3.8) is 0 Å². The molecule has 0 spiro atoms. The quantitative estimate of drug-likeness (QED) is 0.797. The van der Waals surface area contributed by atoms with E-state index in [0.717, 1.165) is 11.3 Å². The summed E-state index contributed by atoms with van der Waals surface area (Å²) in [7, 11) is 0. The van der Waals surface area contributed by atoms with Crippen molar-refractivity contribution >= 4 is 23.9 Å². The third-order valence-corrected chi connectivity index (χ3v) is 2.75. The van der Waals surface area contributed by atoms with Crippen LogP contribution in [0.2, 0.25) is 5.02 Å². The molecule has 19 heavy (non-hydrogen) atoms. The minimum atomic E-state index is -0.647. The lowest BCUT2D eigenvalue weighted by Gasteiger charge is -2.03. The van der Waals surface area contributed by atoms with E-state index in [2.05, 4.69) is 4.99 Å². The number of amides is 1. The van der Waals surface area contributed by atoms with Gasteiger partial charge in [-0.25, -0.2) is 4.79 Å². The topological polar surface area (TPSA) is 51.8 Å². The first-order valence-corrected chi connectivity index (χ1v) is 6.08. The summed E-state index contributed by atoms with van der Waals surface area (Å²) in [5.41, 5.74) is 0.749. The number of ether oxygens (including phenoxy) is 1. The number of halogens is 1. The Labute approximate surface area is 115 Å². The van der Waals surface area contributed by atoms with E-state index in [9.17, 15) is 4.79 Å². The number of hydrogen-bond donors (Lipinski definition) is 0. The number of rotatable bonds is 4. The lowest BCUT2D eigenvalue weighted by molar-refractivity contribution is 0.151. The Morgan fingerprint density at radius 3 is 2.89 bits per heavy atom. The molecule has 0 aliphatic heterocycles. The third kappa shape index (κ3) is 4.26. The van der Waals surface area contributed by atoms with Crippen molar-refractivity contribution in [2.75, 3.05) is 0 Å². The number of carbonyl (C=O) groups excluding carboxylic acids is 1. The van der Waals surface area contributed by atoms with Crippen LogP contribution in [-0.2, 0) is 17.8 Å². The Morgan fingerprint density at radius 1 is 1.32 bits per heavy atom. The lowest BCUT2D eigenvalue weighted by atomic mass is 10.2. The van der Waals surface area contributed by atoms with Gasteiger partial charge >= 0.3 is 6.09 Å². The fourth-order valence-electron chi connectivity index (χ4n) is 1.43. The number of benzene rings is 1. The fraction of sp³-hybridized carbons (Fsp3) is 0.143. The molecule has 2 rings (SSSR count). The molecule has 0 N–H and O–H groups in total. The number of nitrogens with zero attached hydrogens (tertiary/aromatic N) is 1. The molecule has 0 saturated carbocycles. The summed E-state index contributed by atoms with van der Waals surface area (Å²) >= 11 is 5.94. The summed E-state index contributed by atoms with van der Waals surface area (Å²) in [6.07, 6.45) is 2.83. The monoisotopic (exact) mass is 277 g/mol. The lowest BCUT2D eigenvalue weighted by Crippen LogP contribution is -2.00.